The number of hydrogen-bond donors (Lipinski definition) is 1. The standard InChI is InChI=1S/C11H8N2OS2/c14-9-6-15-10(13-9)5-11-12-7-3-1-2-4-8(7)16-11/h1-5H,6H2,(H,13,14)/b10-5+. The molecule has 1 saturated heterocycles. The molecule has 1 aromatic carbocycles. The van der Waals surface area contributed by atoms with Gasteiger partial charge in [-0.15, -0.1) is 11.3 Å². The predicted octanol–water partition coefficient (Wildman–Crippen LogP) is 2.46. The van der Waals surface area contributed by atoms with Gasteiger partial charge in [-0.1, -0.05) is 23.9 Å². The summed E-state index contributed by atoms with van der Waals surface area (Å²) in [7, 11) is 0. The van der Waals surface area contributed by atoms with Crippen LogP contribution in [0.1, 0.15) is 5.01 Å². The first kappa shape index (κ1) is 9.86. The number of carbonyl (C=O) groups is 1. The second-order valence-corrected chi connectivity index (χ2v) is 5.44. The normalized spacial score (nSPS) is 18.2. The Morgan fingerprint density at radius 1 is 1.38 bits per heavy atom. The molecule has 0 spiro atoms. The number of carbonyl (C=O) groups excluding carboxylic acids is 1. The van der Waals surface area contributed by atoms with Gasteiger partial charge in [0.25, 0.3) is 0 Å². The summed E-state index contributed by atoms with van der Waals surface area (Å²) in [6.07, 6.45) is 1.93. The highest BCUT2D eigenvalue weighted by Gasteiger charge is 2.15. The number of fused-ring (bicyclic) bond motifs is 1. The fraction of sp³-hybridized carbons (Fsp3) is 0.0909. The van der Waals surface area contributed by atoms with Crippen LogP contribution in [-0.2, 0) is 4.79 Å². The van der Waals surface area contributed by atoms with Gasteiger partial charge in [0.05, 0.1) is 21.0 Å². The van der Waals surface area contributed by atoms with Gasteiger partial charge in [-0.05, 0) is 12.1 Å². The summed E-state index contributed by atoms with van der Waals surface area (Å²) in [5.41, 5.74) is 1.01. The van der Waals surface area contributed by atoms with E-state index in [4.69, 9.17) is 0 Å². The second kappa shape index (κ2) is 3.92. The van der Waals surface area contributed by atoms with Crippen LogP contribution in [0.4, 0.5) is 0 Å². The molecule has 1 aliphatic rings. The van der Waals surface area contributed by atoms with Crippen LogP contribution in [0.3, 0.4) is 0 Å². The van der Waals surface area contributed by atoms with E-state index in [1.165, 1.54) is 16.5 Å². The lowest BCUT2D eigenvalue weighted by Gasteiger charge is -1.91. The number of nitrogens with one attached hydrogen (secondary N) is 1. The zero-order chi connectivity index (χ0) is 11.0. The molecule has 0 unspecified atom stereocenters. The quantitative estimate of drug-likeness (QED) is 0.843. The number of thiazole rings is 1. The van der Waals surface area contributed by atoms with Gasteiger partial charge < -0.3 is 5.32 Å². The maximum atomic E-state index is 11.0. The number of hydrogen-bond acceptors (Lipinski definition) is 4. The lowest BCUT2D eigenvalue weighted by atomic mass is 10.3. The van der Waals surface area contributed by atoms with Gasteiger partial charge in [-0.25, -0.2) is 4.98 Å². The molecule has 16 heavy (non-hydrogen) atoms. The molecule has 0 atom stereocenters. The van der Waals surface area contributed by atoms with Crippen LogP contribution >= 0.6 is 23.1 Å². The van der Waals surface area contributed by atoms with Gasteiger partial charge in [0.2, 0.25) is 5.91 Å². The van der Waals surface area contributed by atoms with Crippen LogP contribution in [0.25, 0.3) is 16.3 Å². The Bertz CT molecular complexity index is 555. The molecule has 1 aromatic heterocycles. The van der Waals surface area contributed by atoms with Crippen LogP contribution in [0.15, 0.2) is 29.3 Å². The van der Waals surface area contributed by atoms with Gasteiger partial charge in [0.1, 0.15) is 5.01 Å². The van der Waals surface area contributed by atoms with Crippen LogP contribution in [0.5, 0.6) is 0 Å². The van der Waals surface area contributed by atoms with Crippen molar-refractivity contribution in [1.82, 2.24) is 10.3 Å². The first-order chi connectivity index (χ1) is 7.81. The molecular formula is C11H8N2OS2. The van der Waals surface area contributed by atoms with E-state index in [1.54, 1.807) is 11.3 Å². The van der Waals surface area contributed by atoms with Crippen molar-refractivity contribution < 1.29 is 4.79 Å². The molecule has 1 fully saturated rings. The molecule has 0 saturated carbocycles. The minimum Gasteiger partial charge on any atom is -0.320 e. The Kier molecular flexibility index (Phi) is 2.41. The van der Waals surface area contributed by atoms with Crippen molar-refractivity contribution in [3.63, 3.8) is 0 Å². The second-order valence-electron chi connectivity index (χ2n) is 3.37. The third-order valence-electron chi connectivity index (χ3n) is 2.19. The summed E-state index contributed by atoms with van der Waals surface area (Å²) in [6.45, 7) is 0. The summed E-state index contributed by atoms with van der Waals surface area (Å²) in [4.78, 5) is 15.5. The minimum atomic E-state index is 0.0670. The maximum Gasteiger partial charge on any atom is 0.235 e. The first-order valence-electron chi connectivity index (χ1n) is 4.81. The molecule has 1 amide bonds. The van der Waals surface area contributed by atoms with E-state index in [0.29, 0.717) is 5.75 Å². The number of para-hydroxylation sites is 1. The number of amides is 1. The van der Waals surface area contributed by atoms with Crippen molar-refractivity contribution in [2.75, 3.05) is 5.75 Å². The highest BCUT2D eigenvalue weighted by atomic mass is 32.2. The van der Waals surface area contributed by atoms with E-state index in [2.05, 4.69) is 16.4 Å². The molecule has 2 aromatic rings. The predicted molar refractivity (Wildman–Crippen MR) is 68.2 cm³/mol. The summed E-state index contributed by atoms with van der Waals surface area (Å²) < 4.78 is 1.17. The molecule has 3 rings (SSSR count). The Balaban J connectivity index is 1.97. The van der Waals surface area contributed by atoms with Gasteiger partial charge in [0, 0.05) is 6.08 Å². The Morgan fingerprint density at radius 2 is 2.25 bits per heavy atom. The van der Waals surface area contributed by atoms with E-state index in [1.807, 2.05) is 24.3 Å². The smallest absolute Gasteiger partial charge is 0.235 e. The number of thioether (sulfide) groups is 1. The van der Waals surface area contributed by atoms with Crippen LogP contribution < -0.4 is 5.32 Å². The first-order valence-corrected chi connectivity index (χ1v) is 6.61. The van der Waals surface area contributed by atoms with Crippen molar-refractivity contribution in [2.24, 2.45) is 0 Å². The van der Waals surface area contributed by atoms with Crippen molar-refractivity contribution >= 4 is 45.3 Å². The largest absolute Gasteiger partial charge is 0.320 e. The van der Waals surface area contributed by atoms with Crippen LogP contribution in [0, 0.1) is 0 Å². The van der Waals surface area contributed by atoms with Gasteiger partial charge in [-0.3, -0.25) is 4.79 Å². The summed E-state index contributed by atoms with van der Waals surface area (Å²) in [6, 6.07) is 8.03. The topological polar surface area (TPSA) is 42.0 Å². The fourth-order valence-electron chi connectivity index (χ4n) is 1.49. The molecular weight excluding hydrogens is 240 g/mol. The highest BCUT2D eigenvalue weighted by molar-refractivity contribution is 8.04. The minimum absolute atomic E-state index is 0.0670. The molecule has 1 aliphatic heterocycles. The van der Waals surface area contributed by atoms with Gasteiger partial charge in [-0.2, -0.15) is 0 Å². The monoisotopic (exact) mass is 248 g/mol. The SMILES string of the molecule is O=C1CS/C(=C/c2nc3ccccc3s2)N1. The fourth-order valence-corrected chi connectivity index (χ4v) is 3.22. The third kappa shape index (κ3) is 1.83. The number of benzene rings is 1. The highest BCUT2D eigenvalue weighted by Crippen LogP contribution is 2.26. The molecule has 5 heteroatoms. The Morgan fingerprint density at radius 3 is 3.00 bits per heavy atom. The zero-order valence-corrected chi connectivity index (χ0v) is 9.90. The van der Waals surface area contributed by atoms with E-state index in [-0.39, 0.29) is 5.91 Å². The van der Waals surface area contributed by atoms with Crippen LogP contribution in [-0.4, -0.2) is 16.6 Å². The molecule has 0 bridgehead atoms. The lowest BCUT2D eigenvalue weighted by Crippen LogP contribution is -2.13. The van der Waals surface area contributed by atoms with Gasteiger partial charge in [0.15, 0.2) is 0 Å². The Hall–Kier alpha value is -1.33. The summed E-state index contributed by atoms with van der Waals surface area (Å²) in [5, 5.41) is 4.63. The average Bonchev–Trinajstić information content (AvgIpc) is 2.84. The Labute approximate surface area is 101 Å². The van der Waals surface area contributed by atoms with Crippen molar-refractivity contribution in [3.05, 3.63) is 34.3 Å². The van der Waals surface area contributed by atoms with Crippen molar-refractivity contribution in [3.8, 4) is 0 Å². The zero-order valence-electron chi connectivity index (χ0n) is 8.27. The number of aromatic nitrogens is 1. The molecule has 80 valence electrons. The van der Waals surface area contributed by atoms with Crippen molar-refractivity contribution in [2.45, 2.75) is 0 Å². The molecule has 0 radical (unpaired) electrons. The summed E-state index contributed by atoms with van der Waals surface area (Å²) >= 11 is 3.16. The van der Waals surface area contributed by atoms with E-state index < -0.39 is 0 Å². The number of nitrogens with zero attached hydrogens (tertiary/aromatic N) is 1. The third-order valence-corrected chi connectivity index (χ3v) is 4.11. The summed E-state index contributed by atoms with van der Waals surface area (Å²) in [5.74, 6) is 0.578. The van der Waals surface area contributed by atoms with E-state index in [0.717, 1.165) is 15.6 Å². The molecule has 3 nitrogen and oxygen atoms in total. The molecule has 1 N–H and O–H groups in total. The van der Waals surface area contributed by atoms with E-state index in [9.17, 15) is 4.79 Å². The number of rotatable bonds is 1. The van der Waals surface area contributed by atoms with Gasteiger partial charge >= 0.3 is 0 Å². The molecule has 0 aliphatic carbocycles. The molecule has 2 heterocycles. The average molecular weight is 248 g/mol. The lowest BCUT2D eigenvalue weighted by molar-refractivity contribution is -0.117. The van der Waals surface area contributed by atoms with Crippen LogP contribution in [0.2, 0.25) is 0 Å². The maximum absolute atomic E-state index is 11.0. The van der Waals surface area contributed by atoms with E-state index >= 15 is 0 Å². The van der Waals surface area contributed by atoms with Crippen molar-refractivity contribution in [1.29, 1.82) is 0 Å².